The molecular formula is C19H21N5O. The molecule has 0 aliphatic heterocycles. The molecule has 6 heteroatoms. The number of aromatic amines is 2. The van der Waals surface area contributed by atoms with Gasteiger partial charge in [-0.25, -0.2) is 4.98 Å². The fourth-order valence-corrected chi connectivity index (χ4v) is 3.24. The Kier molecular flexibility index (Phi) is 3.87. The molecule has 128 valence electrons. The third-order valence-electron chi connectivity index (χ3n) is 4.83. The number of carbonyl (C=O) groups excluding carboxylic acids is 1. The summed E-state index contributed by atoms with van der Waals surface area (Å²) in [5.41, 5.74) is 6.17. The average molecular weight is 335 g/mol. The number of amides is 1. The maximum atomic E-state index is 12.4. The lowest BCUT2D eigenvalue weighted by Crippen LogP contribution is -2.13. The van der Waals surface area contributed by atoms with E-state index in [1.807, 2.05) is 19.9 Å². The van der Waals surface area contributed by atoms with E-state index in [-0.39, 0.29) is 5.91 Å². The smallest absolute Gasteiger partial charge is 0.276 e. The highest BCUT2D eigenvalue weighted by Gasteiger charge is 2.15. The molecule has 0 atom stereocenters. The van der Waals surface area contributed by atoms with Crippen molar-refractivity contribution in [3.63, 3.8) is 0 Å². The Morgan fingerprint density at radius 3 is 2.84 bits per heavy atom. The molecule has 3 aromatic rings. The number of anilines is 1. The second kappa shape index (κ2) is 6.20. The third-order valence-corrected chi connectivity index (χ3v) is 4.83. The summed E-state index contributed by atoms with van der Waals surface area (Å²) in [6, 6.07) is 4.05. The van der Waals surface area contributed by atoms with Gasteiger partial charge in [-0.05, 0) is 57.2 Å². The molecule has 0 aromatic carbocycles. The first kappa shape index (κ1) is 15.6. The molecule has 0 saturated heterocycles. The Morgan fingerprint density at radius 2 is 2.12 bits per heavy atom. The van der Waals surface area contributed by atoms with Crippen LogP contribution in [0.15, 0.2) is 24.4 Å². The van der Waals surface area contributed by atoms with Crippen LogP contribution in [0.1, 0.15) is 53.1 Å². The molecule has 3 N–H and O–H groups in total. The fourth-order valence-electron chi connectivity index (χ4n) is 3.24. The van der Waals surface area contributed by atoms with Crippen molar-refractivity contribution in [1.29, 1.82) is 0 Å². The minimum Gasteiger partial charge on any atom is -0.339 e. The van der Waals surface area contributed by atoms with E-state index in [0.29, 0.717) is 11.4 Å². The first-order valence-corrected chi connectivity index (χ1v) is 8.63. The summed E-state index contributed by atoms with van der Waals surface area (Å²) in [6.45, 7) is 3.78. The van der Waals surface area contributed by atoms with E-state index in [1.165, 1.54) is 18.4 Å². The summed E-state index contributed by atoms with van der Waals surface area (Å²) in [6.07, 6.45) is 8.73. The molecule has 0 bridgehead atoms. The average Bonchev–Trinajstić information content (AvgIpc) is 3.19. The first-order valence-electron chi connectivity index (χ1n) is 8.63. The number of allylic oxidation sites excluding steroid dienone is 2. The van der Waals surface area contributed by atoms with Crippen LogP contribution in [-0.4, -0.2) is 26.1 Å². The highest BCUT2D eigenvalue weighted by Crippen LogP contribution is 2.29. The van der Waals surface area contributed by atoms with E-state index in [4.69, 9.17) is 0 Å². The van der Waals surface area contributed by atoms with Crippen LogP contribution in [-0.2, 0) is 0 Å². The monoisotopic (exact) mass is 335 g/mol. The molecular weight excluding hydrogens is 314 g/mol. The van der Waals surface area contributed by atoms with Crippen LogP contribution < -0.4 is 5.32 Å². The fraction of sp³-hybridized carbons (Fsp3) is 0.316. The van der Waals surface area contributed by atoms with Crippen molar-refractivity contribution in [2.75, 3.05) is 5.32 Å². The summed E-state index contributed by atoms with van der Waals surface area (Å²) in [7, 11) is 0. The largest absolute Gasteiger partial charge is 0.339 e. The van der Waals surface area contributed by atoms with Crippen molar-refractivity contribution in [1.82, 2.24) is 20.2 Å². The summed E-state index contributed by atoms with van der Waals surface area (Å²) < 4.78 is 0. The molecule has 6 nitrogen and oxygen atoms in total. The summed E-state index contributed by atoms with van der Waals surface area (Å²) in [5, 5.41) is 10.8. The van der Waals surface area contributed by atoms with Crippen LogP contribution in [0.5, 0.6) is 0 Å². The Balaban J connectivity index is 1.59. The van der Waals surface area contributed by atoms with Crippen molar-refractivity contribution < 1.29 is 4.79 Å². The molecule has 1 aliphatic carbocycles. The van der Waals surface area contributed by atoms with Gasteiger partial charge in [-0.1, -0.05) is 6.08 Å². The highest BCUT2D eigenvalue weighted by atomic mass is 16.1. The number of aromatic nitrogens is 4. The van der Waals surface area contributed by atoms with Gasteiger partial charge in [-0.15, -0.1) is 0 Å². The number of rotatable bonds is 3. The molecule has 0 radical (unpaired) electrons. The van der Waals surface area contributed by atoms with Crippen LogP contribution in [0.3, 0.4) is 0 Å². The van der Waals surface area contributed by atoms with Crippen LogP contribution >= 0.6 is 0 Å². The quantitative estimate of drug-likeness (QED) is 0.673. The zero-order valence-electron chi connectivity index (χ0n) is 14.4. The van der Waals surface area contributed by atoms with Gasteiger partial charge >= 0.3 is 0 Å². The predicted molar refractivity (Wildman–Crippen MR) is 98.6 cm³/mol. The maximum absolute atomic E-state index is 12.4. The molecule has 0 unspecified atom stereocenters. The Labute approximate surface area is 145 Å². The maximum Gasteiger partial charge on any atom is 0.276 e. The van der Waals surface area contributed by atoms with Gasteiger partial charge in [0.05, 0.1) is 11.9 Å². The number of H-pyrrole nitrogens is 2. The van der Waals surface area contributed by atoms with E-state index in [2.05, 4.69) is 37.6 Å². The van der Waals surface area contributed by atoms with Gasteiger partial charge in [0.2, 0.25) is 0 Å². The van der Waals surface area contributed by atoms with Gasteiger partial charge in [0.25, 0.3) is 5.91 Å². The highest BCUT2D eigenvalue weighted by molar-refractivity contribution is 6.04. The van der Waals surface area contributed by atoms with Crippen molar-refractivity contribution in [3.8, 4) is 0 Å². The van der Waals surface area contributed by atoms with E-state index in [9.17, 15) is 4.79 Å². The first-order chi connectivity index (χ1) is 12.1. The molecule has 4 rings (SSSR count). The third kappa shape index (κ3) is 2.95. The predicted octanol–water partition coefficient (Wildman–Crippen LogP) is 4.11. The van der Waals surface area contributed by atoms with Crippen LogP contribution in [0, 0.1) is 13.8 Å². The summed E-state index contributed by atoms with van der Waals surface area (Å²) >= 11 is 0. The van der Waals surface area contributed by atoms with Crippen molar-refractivity contribution in [2.45, 2.75) is 39.5 Å². The molecule has 3 aromatic heterocycles. The lowest BCUT2D eigenvalue weighted by molar-refractivity contribution is 0.102. The van der Waals surface area contributed by atoms with Crippen LogP contribution in [0.4, 0.5) is 5.69 Å². The minimum atomic E-state index is -0.228. The molecule has 0 fully saturated rings. The van der Waals surface area contributed by atoms with Crippen LogP contribution in [0.25, 0.3) is 16.6 Å². The molecule has 0 spiro atoms. The number of hydrogen-bond acceptors (Lipinski definition) is 3. The molecule has 25 heavy (non-hydrogen) atoms. The standard InChI is InChI=1S/C19H21N5O/c1-11-12(2)23-24-17(11)19(25)21-15-8-14-9-16(22-18(14)20-10-15)13-6-4-3-5-7-13/h6,8-10H,3-5,7H2,1-2H3,(H,20,22)(H,21,25)(H,23,24). The minimum absolute atomic E-state index is 0.228. The van der Waals surface area contributed by atoms with E-state index < -0.39 is 0 Å². The Hall–Kier alpha value is -2.89. The SMILES string of the molecule is Cc1[nH]nc(C(=O)Nc2cnc3[nH]c(C4=CCCCC4)cc3c2)c1C. The van der Waals surface area contributed by atoms with Gasteiger partial charge in [0.15, 0.2) is 5.69 Å². The van der Waals surface area contributed by atoms with E-state index >= 15 is 0 Å². The Morgan fingerprint density at radius 1 is 1.24 bits per heavy atom. The lowest BCUT2D eigenvalue weighted by Gasteiger charge is -2.10. The number of nitrogens with one attached hydrogen (secondary N) is 3. The lowest BCUT2D eigenvalue weighted by atomic mass is 9.97. The summed E-state index contributed by atoms with van der Waals surface area (Å²) in [4.78, 5) is 20.2. The van der Waals surface area contributed by atoms with Gasteiger partial charge in [-0.3, -0.25) is 9.89 Å². The topological polar surface area (TPSA) is 86.5 Å². The van der Waals surface area contributed by atoms with Crippen molar-refractivity contribution >= 4 is 28.2 Å². The van der Waals surface area contributed by atoms with Gasteiger partial charge in [-0.2, -0.15) is 5.10 Å². The zero-order chi connectivity index (χ0) is 17.4. The van der Waals surface area contributed by atoms with Crippen molar-refractivity contribution in [3.05, 3.63) is 47.1 Å². The zero-order valence-corrected chi connectivity index (χ0v) is 14.4. The number of nitrogens with zero attached hydrogens (tertiary/aromatic N) is 2. The van der Waals surface area contributed by atoms with Crippen LogP contribution in [0.2, 0.25) is 0 Å². The number of fused-ring (bicyclic) bond motifs is 1. The van der Waals surface area contributed by atoms with E-state index in [1.54, 1.807) is 6.20 Å². The number of aryl methyl sites for hydroxylation is 1. The molecule has 0 saturated carbocycles. The summed E-state index contributed by atoms with van der Waals surface area (Å²) in [5.74, 6) is -0.228. The van der Waals surface area contributed by atoms with E-state index in [0.717, 1.165) is 40.8 Å². The van der Waals surface area contributed by atoms with Gasteiger partial charge in [0.1, 0.15) is 5.65 Å². The normalized spacial score (nSPS) is 14.6. The molecule has 1 aliphatic rings. The molecule has 3 heterocycles. The van der Waals surface area contributed by atoms with Crippen molar-refractivity contribution in [2.24, 2.45) is 0 Å². The second-order valence-electron chi connectivity index (χ2n) is 6.60. The van der Waals surface area contributed by atoms with Gasteiger partial charge in [0, 0.05) is 22.3 Å². The number of pyridine rings is 1. The van der Waals surface area contributed by atoms with Gasteiger partial charge < -0.3 is 10.3 Å². The Bertz CT molecular complexity index is 979. The molecule has 1 amide bonds. The number of hydrogen-bond donors (Lipinski definition) is 3. The number of carbonyl (C=O) groups is 1. The second-order valence-corrected chi connectivity index (χ2v) is 6.60.